The number of hydrogen-bond acceptors (Lipinski definition) is 3. The predicted molar refractivity (Wildman–Crippen MR) is 70.0 cm³/mol. The molecule has 2 atom stereocenters. The Kier molecular flexibility index (Phi) is 2.67. The van der Waals surface area contributed by atoms with Crippen LogP contribution in [0.3, 0.4) is 0 Å². The summed E-state index contributed by atoms with van der Waals surface area (Å²) in [5.74, 6) is 1.60. The average molecular weight is 227 g/mol. The zero-order valence-electron chi connectivity index (χ0n) is 10.1. The van der Waals surface area contributed by atoms with Crippen LogP contribution in [-0.4, -0.2) is 16.0 Å². The van der Waals surface area contributed by atoms with Gasteiger partial charge >= 0.3 is 0 Å². The lowest BCUT2D eigenvalue weighted by atomic mass is 10.2. The molecule has 0 radical (unpaired) electrons. The number of para-hydroxylation sites is 1. The van der Waals surface area contributed by atoms with Gasteiger partial charge in [-0.1, -0.05) is 31.5 Å². The van der Waals surface area contributed by atoms with Crippen LogP contribution in [0.4, 0.5) is 5.95 Å². The van der Waals surface area contributed by atoms with Gasteiger partial charge in [0.15, 0.2) is 0 Å². The molecule has 17 heavy (non-hydrogen) atoms. The van der Waals surface area contributed by atoms with E-state index in [0.717, 1.165) is 22.8 Å². The first kappa shape index (κ1) is 10.5. The van der Waals surface area contributed by atoms with E-state index >= 15 is 0 Å². The maximum Gasteiger partial charge on any atom is 0.223 e. The third kappa shape index (κ3) is 2.23. The molecule has 1 fully saturated rings. The van der Waals surface area contributed by atoms with E-state index in [9.17, 15) is 0 Å². The molecule has 1 aliphatic carbocycles. The van der Waals surface area contributed by atoms with Crippen LogP contribution in [0.5, 0.6) is 0 Å². The molecule has 1 aromatic heterocycles. The van der Waals surface area contributed by atoms with Crippen molar-refractivity contribution in [3.63, 3.8) is 0 Å². The second-order valence-corrected chi connectivity index (χ2v) is 4.79. The molecule has 0 amide bonds. The van der Waals surface area contributed by atoms with Gasteiger partial charge in [0.25, 0.3) is 0 Å². The van der Waals surface area contributed by atoms with Crippen molar-refractivity contribution in [2.75, 3.05) is 5.32 Å². The van der Waals surface area contributed by atoms with Crippen molar-refractivity contribution in [2.24, 2.45) is 5.92 Å². The number of anilines is 1. The molecule has 88 valence electrons. The minimum absolute atomic E-state index is 0.594. The molecule has 0 spiro atoms. The highest BCUT2D eigenvalue weighted by molar-refractivity contribution is 5.78. The molecule has 0 aliphatic heterocycles. The standard InChI is InChI=1S/C14H17N3/c1-2-5-10-8-13(10)17-14-15-9-11-6-3-4-7-12(11)16-14/h3-4,6-7,9-10,13H,2,5,8H2,1H3,(H,15,16,17). The van der Waals surface area contributed by atoms with Gasteiger partial charge in [0.1, 0.15) is 0 Å². The summed E-state index contributed by atoms with van der Waals surface area (Å²) in [6, 6.07) is 8.68. The summed E-state index contributed by atoms with van der Waals surface area (Å²) < 4.78 is 0. The maximum atomic E-state index is 4.53. The van der Waals surface area contributed by atoms with Crippen LogP contribution in [0.2, 0.25) is 0 Å². The SMILES string of the molecule is CCCC1CC1Nc1ncc2ccccc2n1. The summed E-state index contributed by atoms with van der Waals surface area (Å²) in [7, 11) is 0. The normalized spacial score (nSPS) is 22.6. The molecule has 1 saturated carbocycles. The van der Waals surface area contributed by atoms with Crippen LogP contribution in [0.25, 0.3) is 10.9 Å². The number of rotatable bonds is 4. The highest BCUT2D eigenvalue weighted by Gasteiger charge is 2.36. The highest BCUT2D eigenvalue weighted by Crippen LogP contribution is 2.36. The number of nitrogens with zero attached hydrogens (tertiary/aromatic N) is 2. The van der Waals surface area contributed by atoms with Crippen LogP contribution in [0.15, 0.2) is 30.5 Å². The summed E-state index contributed by atoms with van der Waals surface area (Å²) >= 11 is 0. The van der Waals surface area contributed by atoms with Crippen LogP contribution in [0, 0.1) is 5.92 Å². The lowest BCUT2D eigenvalue weighted by Crippen LogP contribution is -2.07. The van der Waals surface area contributed by atoms with Gasteiger partial charge in [0.05, 0.1) is 5.52 Å². The Hall–Kier alpha value is -1.64. The largest absolute Gasteiger partial charge is 0.351 e. The van der Waals surface area contributed by atoms with Crippen molar-refractivity contribution >= 4 is 16.9 Å². The van der Waals surface area contributed by atoms with Gasteiger partial charge in [0, 0.05) is 17.6 Å². The highest BCUT2D eigenvalue weighted by atomic mass is 15.1. The molecule has 1 aliphatic rings. The Morgan fingerprint density at radius 2 is 2.24 bits per heavy atom. The molecule has 3 rings (SSSR count). The first-order chi connectivity index (χ1) is 8.36. The van der Waals surface area contributed by atoms with Crippen molar-refractivity contribution in [1.29, 1.82) is 0 Å². The minimum Gasteiger partial charge on any atom is -0.351 e. The molecule has 3 heteroatoms. The molecule has 2 unspecified atom stereocenters. The fourth-order valence-electron chi connectivity index (χ4n) is 2.32. The number of fused-ring (bicyclic) bond motifs is 1. The van der Waals surface area contributed by atoms with E-state index in [1.165, 1.54) is 19.3 Å². The van der Waals surface area contributed by atoms with E-state index in [1.54, 1.807) is 0 Å². The number of nitrogens with one attached hydrogen (secondary N) is 1. The van der Waals surface area contributed by atoms with E-state index in [2.05, 4.69) is 22.2 Å². The van der Waals surface area contributed by atoms with Crippen molar-refractivity contribution in [1.82, 2.24) is 9.97 Å². The monoisotopic (exact) mass is 227 g/mol. The summed E-state index contributed by atoms with van der Waals surface area (Å²) in [6.07, 6.45) is 5.73. The maximum absolute atomic E-state index is 4.53. The first-order valence-electron chi connectivity index (χ1n) is 6.35. The Balaban J connectivity index is 1.74. The Bertz CT molecular complexity index is 524. The predicted octanol–water partition coefficient (Wildman–Crippen LogP) is 3.23. The van der Waals surface area contributed by atoms with Gasteiger partial charge in [-0.3, -0.25) is 0 Å². The molecule has 1 aromatic carbocycles. The lowest BCUT2D eigenvalue weighted by Gasteiger charge is -2.04. The molecule has 1 N–H and O–H groups in total. The lowest BCUT2D eigenvalue weighted by molar-refractivity contribution is 0.691. The van der Waals surface area contributed by atoms with Gasteiger partial charge in [-0.05, 0) is 24.8 Å². The molecule has 1 heterocycles. The van der Waals surface area contributed by atoms with Gasteiger partial charge in [-0.25, -0.2) is 9.97 Å². The first-order valence-corrected chi connectivity index (χ1v) is 6.35. The zero-order chi connectivity index (χ0) is 11.7. The van der Waals surface area contributed by atoms with E-state index in [-0.39, 0.29) is 0 Å². The Labute approximate surface area is 101 Å². The second-order valence-electron chi connectivity index (χ2n) is 4.79. The molecule has 2 aromatic rings. The fraction of sp³-hybridized carbons (Fsp3) is 0.429. The van der Waals surface area contributed by atoms with Gasteiger partial charge < -0.3 is 5.32 Å². The quantitative estimate of drug-likeness (QED) is 0.871. The summed E-state index contributed by atoms with van der Waals surface area (Å²) in [4.78, 5) is 8.89. The Morgan fingerprint density at radius 3 is 3.12 bits per heavy atom. The van der Waals surface area contributed by atoms with Gasteiger partial charge in [-0.15, -0.1) is 0 Å². The molecular formula is C14H17N3. The summed E-state index contributed by atoms with van der Waals surface area (Å²) in [5.41, 5.74) is 1.01. The van der Waals surface area contributed by atoms with Crippen LogP contribution in [-0.2, 0) is 0 Å². The van der Waals surface area contributed by atoms with E-state index < -0.39 is 0 Å². The number of benzene rings is 1. The second kappa shape index (κ2) is 4.32. The van der Waals surface area contributed by atoms with Gasteiger partial charge in [-0.2, -0.15) is 0 Å². The van der Waals surface area contributed by atoms with Crippen molar-refractivity contribution < 1.29 is 0 Å². The van der Waals surface area contributed by atoms with Gasteiger partial charge in [0.2, 0.25) is 5.95 Å². The third-order valence-corrected chi connectivity index (χ3v) is 3.39. The van der Waals surface area contributed by atoms with E-state index in [4.69, 9.17) is 0 Å². The average Bonchev–Trinajstić information content (AvgIpc) is 3.08. The zero-order valence-corrected chi connectivity index (χ0v) is 10.1. The third-order valence-electron chi connectivity index (χ3n) is 3.39. The van der Waals surface area contributed by atoms with E-state index in [0.29, 0.717) is 6.04 Å². The molecule has 3 nitrogen and oxygen atoms in total. The minimum atomic E-state index is 0.594. The van der Waals surface area contributed by atoms with E-state index in [1.807, 2.05) is 30.5 Å². The van der Waals surface area contributed by atoms with Crippen molar-refractivity contribution in [2.45, 2.75) is 32.2 Å². The fourth-order valence-corrected chi connectivity index (χ4v) is 2.32. The number of hydrogen-bond donors (Lipinski definition) is 1. The van der Waals surface area contributed by atoms with Crippen molar-refractivity contribution in [3.05, 3.63) is 30.5 Å². The van der Waals surface area contributed by atoms with Crippen LogP contribution in [0.1, 0.15) is 26.2 Å². The van der Waals surface area contributed by atoms with Crippen LogP contribution < -0.4 is 5.32 Å². The summed E-state index contributed by atoms with van der Waals surface area (Å²) in [6.45, 7) is 2.24. The molecule has 0 saturated heterocycles. The molecule has 0 bridgehead atoms. The molecular weight excluding hydrogens is 210 g/mol. The summed E-state index contributed by atoms with van der Waals surface area (Å²) in [5, 5.41) is 4.52. The van der Waals surface area contributed by atoms with Crippen LogP contribution >= 0.6 is 0 Å². The smallest absolute Gasteiger partial charge is 0.223 e. The Morgan fingerprint density at radius 1 is 1.35 bits per heavy atom. The topological polar surface area (TPSA) is 37.8 Å². The van der Waals surface area contributed by atoms with Crippen molar-refractivity contribution in [3.8, 4) is 0 Å². The number of aromatic nitrogens is 2.